The summed E-state index contributed by atoms with van der Waals surface area (Å²) in [6.07, 6.45) is 9.04. The summed E-state index contributed by atoms with van der Waals surface area (Å²) in [5.41, 5.74) is 6.40. The van der Waals surface area contributed by atoms with Crippen molar-refractivity contribution < 1.29 is 19.1 Å². The van der Waals surface area contributed by atoms with Gasteiger partial charge in [0.2, 0.25) is 0 Å². The number of carbonyl (C=O) groups is 2. The van der Waals surface area contributed by atoms with Crippen LogP contribution in [0.1, 0.15) is 86.0 Å². The van der Waals surface area contributed by atoms with Crippen molar-refractivity contribution in [3.63, 3.8) is 0 Å². The molecule has 10 atom stereocenters. The molecule has 0 amide bonds. The van der Waals surface area contributed by atoms with E-state index in [1.807, 2.05) is 0 Å². The van der Waals surface area contributed by atoms with Gasteiger partial charge in [-0.2, -0.15) is 0 Å². The van der Waals surface area contributed by atoms with Crippen LogP contribution in [0.15, 0.2) is 0 Å². The fourth-order valence-corrected chi connectivity index (χ4v) is 9.00. The van der Waals surface area contributed by atoms with Gasteiger partial charge in [0.15, 0.2) is 0 Å². The van der Waals surface area contributed by atoms with Crippen LogP contribution in [0.3, 0.4) is 0 Å². The van der Waals surface area contributed by atoms with Crippen LogP contribution in [0.5, 0.6) is 0 Å². The van der Waals surface area contributed by atoms with E-state index >= 15 is 0 Å². The molecule has 0 aromatic carbocycles. The molecule has 4 saturated carbocycles. The average molecular weight is 434 g/mol. The van der Waals surface area contributed by atoms with Crippen molar-refractivity contribution in [3.05, 3.63) is 0 Å². The second-order valence-corrected chi connectivity index (χ2v) is 11.8. The summed E-state index contributed by atoms with van der Waals surface area (Å²) >= 11 is 0. The standard InChI is InChI=1S/C26H43NO4/c1-15(14-27)21-8-9-22-20-7-6-18-12-19(30-16(2)28)10-11-25(18,4)23(20)13-24(26(21,22)5)31-17(3)29/h15,18-24H,6-14,27H2,1-5H3. The molecule has 0 bridgehead atoms. The van der Waals surface area contributed by atoms with Crippen molar-refractivity contribution in [2.24, 2.45) is 52.1 Å². The van der Waals surface area contributed by atoms with Gasteiger partial charge in [0.1, 0.15) is 12.2 Å². The predicted molar refractivity (Wildman–Crippen MR) is 120 cm³/mol. The van der Waals surface area contributed by atoms with Gasteiger partial charge in [-0.15, -0.1) is 0 Å². The van der Waals surface area contributed by atoms with Gasteiger partial charge in [-0.3, -0.25) is 9.59 Å². The summed E-state index contributed by atoms with van der Waals surface area (Å²) in [4.78, 5) is 23.7. The highest BCUT2D eigenvalue weighted by atomic mass is 16.5. The number of hydrogen-bond donors (Lipinski definition) is 1. The molecule has 176 valence electrons. The molecule has 0 spiro atoms. The predicted octanol–water partition coefficient (Wildman–Crippen LogP) is 4.71. The molecule has 4 aliphatic rings. The molecule has 0 radical (unpaired) electrons. The van der Waals surface area contributed by atoms with Gasteiger partial charge in [-0.1, -0.05) is 20.8 Å². The lowest BCUT2D eigenvalue weighted by atomic mass is 9.43. The van der Waals surface area contributed by atoms with Crippen LogP contribution in [0.2, 0.25) is 0 Å². The van der Waals surface area contributed by atoms with Crippen molar-refractivity contribution in [1.29, 1.82) is 0 Å². The Bertz CT molecular complexity index is 710. The zero-order valence-corrected chi connectivity index (χ0v) is 20.2. The van der Waals surface area contributed by atoms with Gasteiger partial charge < -0.3 is 15.2 Å². The molecule has 0 saturated heterocycles. The highest BCUT2D eigenvalue weighted by Crippen LogP contribution is 2.68. The molecule has 4 aliphatic carbocycles. The van der Waals surface area contributed by atoms with E-state index in [9.17, 15) is 9.59 Å². The highest BCUT2D eigenvalue weighted by Gasteiger charge is 2.65. The third-order valence-electron chi connectivity index (χ3n) is 10.5. The third kappa shape index (κ3) is 3.73. The van der Waals surface area contributed by atoms with Crippen LogP contribution in [0, 0.1) is 46.3 Å². The molecule has 10 unspecified atom stereocenters. The summed E-state index contributed by atoms with van der Waals surface area (Å²) in [7, 11) is 0. The first kappa shape index (κ1) is 23.1. The monoisotopic (exact) mass is 433 g/mol. The number of esters is 2. The Kier molecular flexibility index (Phi) is 6.22. The summed E-state index contributed by atoms with van der Waals surface area (Å²) in [5.74, 6) is 3.17. The van der Waals surface area contributed by atoms with E-state index in [1.54, 1.807) is 6.92 Å². The molecule has 0 aromatic rings. The molecular weight excluding hydrogens is 390 g/mol. The Morgan fingerprint density at radius 2 is 1.68 bits per heavy atom. The number of carbonyl (C=O) groups excluding carboxylic acids is 2. The van der Waals surface area contributed by atoms with E-state index in [0.717, 1.165) is 25.7 Å². The van der Waals surface area contributed by atoms with Gasteiger partial charge in [0.25, 0.3) is 0 Å². The molecule has 0 aromatic heterocycles. The van der Waals surface area contributed by atoms with E-state index in [-0.39, 0.29) is 35.0 Å². The van der Waals surface area contributed by atoms with Crippen molar-refractivity contribution in [1.82, 2.24) is 0 Å². The Morgan fingerprint density at radius 3 is 2.32 bits per heavy atom. The highest BCUT2D eigenvalue weighted by molar-refractivity contribution is 5.66. The van der Waals surface area contributed by atoms with Gasteiger partial charge in [0, 0.05) is 19.3 Å². The molecule has 0 aliphatic heterocycles. The molecule has 4 rings (SSSR count). The first-order valence-electron chi connectivity index (χ1n) is 12.7. The first-order valence-corrected chi connectivity index (χ1v) is 12.7. The van der Waals surface area contributed by atoms with E-state index < -0.39 is 0 Å². The summed E-state index contributed by atoms with van der Waals surface area (Å²) in [6.45, 7) is 11.0. The van der Waals surface area contributed by atoms with Crippen LogP contribution >= 0.6 is 0 Å². The van der Waals surface area contributed by atoms with E-state index in [4.69, 9.17) is 15.2 Å². The van der Waals surface area contributed by atoms with Gasteiger partial charge in [-0.25, -0.2) is 0 Å². The number of nitrogens with two attached hydrogens (primary N) is 1. The molecule has 5 heteroatoms. The fraction of sp³-hybridized carbons (Fsp3) is 0.923. The zero-order chi connectivity index (χ0) is 22.6. The minimum Gasteiger partial charge on any atom is -0.463 e. The molecule has 5 nitrogen and oxygen atoms in total. The molecule has 2 N–H and O–H groups in total. The number of fused-ring (bicyclic) bond motifs is 5. The minimum atomic E-state index is -0.156. The summed E-state index contributed by atoms with van der Waals surface area (Å²) in [5, 5.41) is 0. The Hall–Kier alpha value is -1.10. The number of ether oxygens (including phenoxy) is 2. The molecule has 4 fully saturated rings. The Labute approximate surface area is 188 Å². The van der Waals surface area contributed by atoms with E-state index in [1.165, 1.54) is 32.6 Å². The third-order valence-corrected chi connectivity index (χ3v) is 10.5. The van der Waals surface area contributed by atoms with Crippen LogP contribution < -0.4 is 5.73 Å². The van der Waals surface area contributed by atoms with Crippen molar-refractivity contribution in [3.8, 4) is 0 Å². The van der Waals surface area contributed by atoms with Crippen molar-refractivity contribution in [2.75, 3.05) is 6.54 Å². The van der Waals surface area contributed by atoms with Crippen molar-refractivity contribution >= 4 is 11.9 Å². The molecule has 0 heterocycles. The topological polar surface area (TPSA) is 78.6 Å². The number of rotatable bonds is 4. The lowest BCUT2D eigenvalue weighted by Gasteiger charge is -2.62. The Morgan fingerprint density at radius 1 is 0.968 bits per heavy atom. The largest absolute Gasteiger partial charge is 0.463 e. The van der Waals surface area contributed by atoms with Crippen LogP contribution in [0.25, 0.3) is 0 Å². The van der Waals surface area contributed by atoms with Gasteiger partial charge >= 0.3 is 11.9 Å². The second kappa shape index (κ2) is 8.35. The molecular formula is C26H43NO4. The average Bonchev–Trinajstić information content (AvgIpc) is 3.06. The second-order valence-electron chi connectivity index (χ2n) is 11.8. The van der Waals surface area contributed by atoms with Gasteiger partial charge in [-0.05, 0) is 98.8 Å². The van der Waals surface area contributed by atoms with Gasteiger partial charge in [0.05, 0.1) is 0 Å². The normalized spacial score (nSPS) is 47.5. The SMILES string of the molecule is CC(=O)OC1CCC2(C)C(CCC3C2CC(OC(C)=O)C2(C)C(C(C)CN)CCC32)C1. The Balaban J connectivity index is 1.63. The number of hydrogen-bond acceptors (Lipinski definition) is 5. The maximum atomic E-state index is 12.2. The van der Waals surface area contributed by atoms with Crippen molar-refractivity contribution in [2.45, 2.75) is 98.2 Å². The lowest BCUT2D eigenvalue weighted by Crippen LogP contribution is -2.59. The first-order chi connectivity index (χ1) is 14.6. The smallest absolute Gasteiger partial charge is 0.302 e. The lowest BCUT2D eigenvalue weighted by molar-refractivity contribution is -0.197. The van der Waals surface area contributed by atoms with Crippen LogP contribution in [-0.2, 0) is 19.1 Å². The maximum absolute atomic E-state index is 12.2. The fourth-order valence-electron chi connectivity index (χ4n) is 9.00. The van der Waals surface area contributed by atoms with Crippen LogP contribution in [-0.4, -0.2) is 30.7 Å². The van der Waals surface area contributed by atoms with E-state index in [0.29, 0.717) is 42.1 Å². The summed E-state index contributed by atoms with van der Waals surface area (Å²) < 4.78 is 11.7. The summed E-state index contributed by atoms with van der Waals surface area (Å²) in [6, 6.07) is 0. The maximum Gasteiger partial charge on any atom is 0.302 e. The molecule has 31 heavy (non-hydrogen) atoms. The quantitative estimate of drug-likeness (QED) is 0.649. The van der Waals surface area contributed by atoms with E-state index in [2.05, 4.69) is 20.8 Å². The zero-order valence-electron chi connectivity index (χ0n) is 20.2. The minimum absolute atomic E-state index is 0.0143. The van der Waals surface area contributed by atoms with Crippen LogP contribution in [0.4, 0.5) is 0 Å².